The highest BCUT2D eigenvalue weighted by Gasteiger charge is 2.31. The average Bonchev–Trinajstić information content (AvgIpc) is 2.56. The fraction of sp³-hybridized carbons (Fsp3) is 0.235. The molecule has 0 amide bonds. The molecule has 25 heavy (non-hydrogen) atoms. The number of aromatic nitrogens is 2. The highest BCUT2D eigenvalue weighted by molar-refractivity contribution is 7.99. The lowest BCUT2D eigenvalue weighted by atomic mass is 10.1. The van der Waals surface area contributed by atoms with E-state index in [1.54, 1.807) is 13.8 Å². The van der Waals surface area contributed by atoms with Crippen LogP contribution in [0.15, 0.2) is 29.3 Å². The minimum absolute atomic E-state index is 0.00294. The standard InChI is InChI=1S/C17H13F3N2O2S/c1-3-4-9-25-16-11(2)15(21-14(10-23)22-16)12-5-7-13(8-6-12)24-17(18,19)20/h5-8,10H,9H2,1-2H3. The van der Waals surface area contributed by atoms with Crippen LogP contribution in [0.4, 0.5) is 13.2 Å². The lowest BCUT2D eigenvalue weighted by molar-refractivity contribution is -0.274. The quantitative estimate of drug-likeness (QED) is 0.342. The van der Waals surface area contributed by atoms with E-state index in [9.17, 15) is 18.0 Å². The van der Waals surface area contributed by atoms with Crippen molar-refractivity contribution < 1.29 is 22.7 Å². The van der Waals surface area contributed by atoms with E-state index in [0.29, 0.717) is 28.3 Å². The molecule has 0 fully saturated rings. The molecule has 0 aliphatic rings. The molecule has 0 aliphatic heterocycles. The zero-order valence-corrected chi connectivity index (χ0v) is 14.2. The summed E-state index contributed by atoms with van der Waals surface area (Å²) in [5.41, 5.74) is 1.75. The van der Waals surface area contributed by atoms with Crippen LogP contribution in [0.5, 0.6) is 5.75 Å². The molecule has 1 aromatic heterocycles. The number of ether oxygens (including phenoxy) is 1. The predicted octanol–water partition coefficient (Wildman–Crippen LogP) is 4.28. The van der Waals surface area contributed by atoms with Crippen molar-refractivity contribution in [2.24, 2.45) is 0 Å². The van der Waals surface area contributed by atoms with Gasteiger partial charge in [0.15, 0.2) is 12.1 Å². The van der Waals surface area contributed by atoms with Crippen molar-refractivity contribution in [2.75, 3.05) is 5.75 Å². The summed E-state index contributed by atoms with van der Waals surface area (Å²) in [6, 6.07) is 5.29. The van der Waals surface area contributed by atoms with Gasteiger partial charge in [0.2, 0.25) is 0 Å². The van der Waals surface area contributed by atoms with Gasteiger partial charge in [-0.3, -0.25) is 4.79 Å². The molecule has 0 atom stereocenters. The highest BCUT2D eigenvalue weighted by atomic mass is 32.2. The zero-order chi connectivity index (χ0) is 18.4. The molecule has 0 spiro atoms. The van der Waals surface area contributed by atoms with Crippen LogP contribution in [-0.2, 0) is 0 Å². The average molecular weight is 366 g/mol. The third-order valence-corrected chi connectivity index (χ3v) is 4.00. The topological polar surface area (TPSA) is 52.1 Å². The molecular weight excluding hydrogens is 353 g/mol. The van der Waals surface area contributed by atoms with Gasteiger partial charge in [0.25, 0.3) is 0 Å². The first-order valence-corrected chi connectivity index (χ1v) is 8.05. The maximum Gasteiger partial charge on any atom is 0.573 e. The fourth-order valence-corrected chi connectivity index (χ4v) is 2.80. The second kappa shape index (κ2) is 8.03. The summed E-state index contributed by atoms with van der Waals surface area (Å²) in [7, 11) is 0. The number of hydrogen-bond donors (Lipinski definition) is 0. The highest BCUT2D eigenvalue weighted by Crippen LogP contribution is 2.30. The van der Waals surface area contributed by atoms with E-state index in [4.69, 9.17) is 0 Å². The summed E-state index contributed by atoms with van der Waals surface area (Å²) in [6.07, 6.45) is -4.22. The Hall–Kier alpha value is -2.53. The Morgan fingerprint density at radius 1 is 1.24 bits per heavy atom. The van der Waals surface area contributed by atoms with Crippen LogP contribution >= 0.6 is 11.8 Å². The molecule has 2 rings (SSSR count). The summed E-state index contributed by atoms with van der Waals surface area (Å²) in [6.45, 7) is 3.51. The molecule has 1 aromatic carbocycles. The molecule has 0 N–H and O–H groups in total. The van der Waals surface area contributed by atoms with Crippen LogP contribution in [-0.4, -0.2) is 28.4 Å². The lowest BCUT2D eigenvalue weighted by Crippen LogP contribution is -2.16. The molecule has 1 heterocycles. The predicted molar refractivity (Wildman–Crippen MR) is 88.4 cm³/mol. The number of hydrogen-bond acceptors (Lipinski definition) is 5. The van der Waals surface area contributed by atoms with Crippen molar-refractivity contribution in [3.63, 3.8) is 0 Å². The van der Waals surface area contributed by atoms with Crippen LogP contribution in [0.3, 0.4) is 0 Å². The SMILES string of the molecule is CC#CCSc1nc(C=O)nc(-c2ccc(OC(F)(F)F)cc2)c1C. The number of halogens is 3. The Morgan fingerprint density at radius 2 is 1.92 bits per heavy atom. The summed E-state index contributed by atoms with van der Waals surface area (Å²) in [5, 5.41) is 0.602. The Kier molecular flexibility index (Phi) is 6.04. The number of alkyl halides is 3. The molecule has 0 aliphatic carbocycles. The number of aldehydes is 1. The number of benzene rings is 1. The molecule has 0 unspecified atom stereocenters. The van der Waals surface area contributed by atoms with Crippen molar-refractivity contribution in [3.8, 4) is 28.8 Å². The van der Waals surface area contributed by atoms with E-state index < -0.39 is 6.36 Å². The molecule has 0 bridgehead atoms. The number of nitrogens with zero attached hydrogens (tertiary/aromatic N) is 2. The van der Waals surface area contributed by atoms with Gasteiger partial charge in [-0.25, -0.2) is 9.97 Å². The van der Waals surface area contributed by atoms with Crippen molar-refractivity contribution in [1.29, 1.82) is 0 Å². The minimum atomic E-state index is -4.75. The van der Waals surface area contributed by atoms with E-state index in [1.807, 2.05) is 0 Å². The van der Waals surface area contributed by atoms with Crippen molar-refractivity contribution in [3.05, 3.63) is 35.7 Å². The van der Waals surface area contributed by atoms with Crippen LogP contribution < -0.4 is 4.74 Å². The van der Waals surface area contributed by atoms with Gasteiger partial charge in [0, 0.05) is 11.1 Å². The molecule has 2 aromatic rings. The fourth-order valence-electron chi connectivity index (χ4n) is 1.98. The molecule has 4 nitrogen and oxygen atoms in total. The Morgan fingerprint density at radius 3 is 2.48 bits per heavy atom. The van der Waals surface area contributed by atoms with Gasteiger partial charge in [0.05, 0.1) is 11.4 Å². The number of carbonyl (C=O) groups excluding carboxylic acids is 1. The van der Waals surface area contributed by atoms with Crippen LogP contribution in [0.25, 0.3) is 11.3 Å². The molecular formula is C17H13F3N2O2S. The lowest BCUT2D eigenvalue weighted by Gasteiger charge is -2.12. The van der Waals surface area contributed by atoms with Crippen molar-refractivity contribution in [1.82, 2.24) is 9.97 Å². The Bertz CT molecular complexity index is 825. The first-order chi connectivity index (χ1) is 11.8. The van der Waals surface area contributed by atoms with Gasteiger partial charge in [-0.05, 0) is 38.1 Å². The summed E-state index contributed by atoms with van der Waals surface area (Å²) >= 11 is 1.36. The number of rotatable bonds is 5. The normalized spacial score (nSPS) is 10.8. The third-order valence-electron chi connectivity index (χ3n) is 3.04. The number of thioether (sulfide) groups is 1. The first kappa shape index (κ1) is 18.8. The van der Waals surface area contributed by atoms with Crippen LogP contribution in [0.1, 0.15) is 23.1 Å². The molecule has 0 radical (unpaired) electrons. The van der Waals surface area contributed by atoms with E-state index in [-0.39, 0.29) is 11.6 Å². The van der Waals surface area contributed by atoms with Crippen molar-refractivity contribution in [2.45, 2.75) is 25.2 Å². The van der Waals surface area contributed by atoms with Crippen LogP contribution in [0.2, 0.25) is 0 Å². The second-order valence-corrected chi connectivity index (χ2v) is 5.73. The van der Waals surface area contributed by atoms with Gasteiger partial charge in [0.1, 0.15) is 10.8 Å². The largest absolute Gasteiger partial charge is 0.573 e. The van der Waals surface area contributed by atoms with Gasteiger partial charge < -0.3 is 4.74 Å². The van der Waals surface area contributed by atoms with Gasteiger partial charge >= 0.3 is 6.36 Å². The number of carbonyl (C=O) groups is 1. The summed E-state index contributed by atoms with van der Waals surface area (Å²) in [4.78, 5) is 19.4. The Balaban J connectivity index is 2.38. The van der Waals surface area contributed by atoms with Crippen LogP contribution in [0, 0.1) is 18.8 Å². The van der Waals surface area contributed by atoms with E-state index in [1.165, 1.54) is 36.0 Å². The van der Waals surface area contributed by atoms with E-state index in [2.05, 4.69) is 26.5 Å². The molecule has 130 valence electrons. The maximum atomic E-state index is 12.2. The van der Waals surface area contributed by atoms with E-state index in [0.717, 1.165) is 5.56 Å². The Labute approximate surface area is 146 Å². The summed E-state index contributed by atoms with van der Waals surface area (Å²) in [5.74, 6) is 5.84. The third kappa shape index (κ3) is 5.22. The molecule has 0 saturated carbocycles. The molecule has 8 heteroatoms. The molecule has 0 saturated heterocycles. The van der Waals surface area contributed by atoms with Gasteiger partial charge in [-0.1, -0.05) is 17.7 Å². The minimum Gasteiger partial charge on any atom is -0.406 e. The van der Waals surface area contributed by atoms with Crippen molar-refractivity contribution >= 4 is 18.0 Å². The van der Waals surface area contributed by atoms with Gasteiger partial charge in [-0.2, -0.15) is 0 Å². The van der Waals surface area contributed by atoms with Gasteiger partial charge in [-0.15, -0.1) is 19.1 Å². The zero-order valence-electron chi connectivity index (χ0n) is 13.3. The summed E-state index contributed by atoms with van der Waals surface area (Å²) < 4.78 is 40.5. The maximum absolute atomic E-state index is 12.2. The first-order valence-electron chi connectivity index (χ1n) is 7.06. The van der Waals surface area contributed by atoms with E-state index >= 15 is 0 Å². The second-order valence-electron chi connectivity index (χ2n) is 4.77. The monoisotopic (exact) mass is 366 g/mol. The smallest absolute Gasteiger partial charge is 0.406 e.